The first-order valence-electron chi connectivity index (χ1n) is 7.02. The molecule has 0 aromatic heterocycles. The number of halogens is 2. The average molecular weight is 363 g/mol. The van der Waals surface area contributed by atoms with Crippen molar-refractivity contribution >= 4 is 40.7 Å². The molecule has 3 rings (SSSR count). The number of imide groups is 1. The highest BCUT2D eigenvalue weighted by molar-refractivity contribution is 6.48. The molecule has 0 aliphatic carbocycles. The second kappa shape index (κ2) is 6.55. The molecule has 0 unspecified atom stereocenters. The van der Waals surface area contributed by atoms with Crippen LogP contribution in [0.25, 0.3) is 0 Å². The molecule has 0 saturated heterocycles. The number of phenols is 1. The van der Waals surface area contributed by atoms with Gasteiger partial charge in [-0.2, -0.15) is 0 Å². The van der Waals surface area contributed by atoms with E-state index in [1.54, 1.807) is 36.4 Å². The molecular formula is C17H12Cl2N2O3. The topological polar surface area (TPSA) is 69.6 Å². The van der Waals surface area contributed by atoms with Gasteiger partial charge in [0, 0.05) is 16.8 Å². The molecule has 5 nitrogen and oxygen atoms in total. The number of rotatable bonds is 4. The molecule has 1 heterocycles. The molecule has 0 spiro atoms. The predicted molar refractivity (Wildman–Crippen MR) is 91.6 cm³/mol. The van der Waals surface area contributed by atoms with Crippen LogP contribution in [0.1, 0.15) is 5.56 Å². The van der Waals surface area contributed by atoms with Gasteiger partial charge >= 0.3 is 0 Å². The van der Waals surface area contributed by atoms with Crippen LogP contribution in [-0.4, -0.2) is 21.8 Å². The van der Waals surface area contributed by atoms with Crippen LogP contribution in [-0.2, 0) is 16.1 Å². The van der Waals surface area contributed by atoms with E-state index >= 15 is 0 Å². The van der Waals surface area contributed by atoms with E-state index in [1.165, 1.54) is 12.1 Å². The van der Waals surface area contributed by atoms with Gasteiger partial charge in [0.05, 0.1) is 6.54 Å². The average Bonchev–Trinajstić information content (AvgIpc) is 2.75. The number of hydrogen-bond donors (Lipinski definition) is 2. The third-order valence-electron chi connectivity index (χ3n) is 3.48. The minimum absolute atomic E-state index is 0.0127. The van der Waals surface area contributed by atoms with Gasteiger partial charge in [-0.1, -0.05) is 41.4 Å². The van der Waals surface area contributed by atoms with Crippen molar-refractivity contribution in [3.05, 3.63) is 69.8 Å². The maximum atomic E-state index is 12.5. The van der Waals surface area contributed by atoms with E-state index in [-0.39, 0.29) is 23.0 Å². The molecular weight excluding hydrogens is 351 g/mol. The van der Waals surface area contributed by atoms with Gasteiger partial charge in [-0.25, -0.2) is 0 Å². The molecule has 2 aromatic rings. The summed E-state index contributed by atoms with van der Waals surface area (Å²) >= 11 is 11.8. The standard InChI is InChI=1S/C17H12Cl2N2O3/c18-11-6-4-10(5-7-11)9-21-16(23)14(19)15(17(21)24)20-12-2-1-3-13(22)8-12/h1-8,20,22H,9H2. The largest absolute Gasteiger partial charge is 0.508 e. The molecule has 24 heavy (non-hydrogen) atoms. The Bertz CT molecular complexity index is 847. The SMILES string of the molecule is O=C1C(Cl)=C(Nc2cccc(O)c2)C(=O)N1Cc1ccc(Cl)cc1. The summed E-state index contributed by atoms with van der Waals surface area (Å²) in [6.07, 6.45) is 0. The molecule has 0 saturated carbocycles. The summed E-state index contributed by atoms with van der Waals surface area (Å²) in [6, 6.07) is 13.0. The summed E-state index contributed by atoms with van der Waals surface area (Å²) < 4.78 is 0. The van der Waals surface area contributed by atoms with E-state index in [4.69, 9.17) is 23.2 Å². The van der Waals surface area contributed by atoms with Crippen molar-refractivity contribution in [2.24, 2.45) is 0 Å². The lowest BCUT2D eigenvalue weighted by Gasteiger charge is -2.15. The predicted octanol–water partition coefficient (Wildman–Crippen LogP) is 3.48. The Labute approximate surface area is 148 Å². The van der Waals surface area contributed by atoms with E-state index in [9.17, 15) is 14.7 Å². The maximum absolute atomic E-state index is 12.5. The summed E-state index contributed by atoms with van der Waals surface area (Å²) in [6.45, 7) is 0.0935. The van der Waals surface area contributed by atoms with Gasteiger partial charge in [0.1, 0.15) is 16.5 Å². The van der Waals surface area contributed by atoms with Crippen LogP contribution in [0.3, 0.4) is 0 Å². The number of nitrogens with zero attached hydrogens (tertiary/aromatic N) is 1. The maximum Gasteiger partial charge on any atom is 0.279 e. The molecule has 2 aromatic carbocycles. The van der Waals surface area contributed by atoms with Crippen molar-refractivity contribution in [3.8, 4) is 5.75 Å². The second-order valence-electron chi connectivity index (χ2n) is 5.19. The zero-order valence-corrected chi connectivity index (χ0v) is 13.8. The number of benzene rings is 2. The first-order chi connectivity index (χ1) is 11.5. The highest BCUT2D eigenvalue weighted by Gasteiger charge is 2.37. The molecule has 1 aliphatic heterocycles. The minimum Gasteiger partial charge on any atom is -0.508 e. The molecule has 0 fully saturated rings. The molecule has 0 bridgehead atoms. The number of carbonyl (C=O) groups excluding carboxylic acids is 2. The van der Waals surface area contributed by atoms with Gasteiger partial charge in [0.15, 0.2) is 0 Å². The Morgan fingerprint density at radius 1 is 1.00 bits per heavy atom. The molecule has 0 atom stereocenters. The van der Waals surface area contributed by atoms with Crippen molar-refractivity contribution < 1.29 is 14.7 Å². The van der Waals surface area contributed by atoms with Gasteiger partial charge in [-0.3, -0.25) is 14.5 Å². The van der Waals surface area contributed by atoms with Gasteiger partial charge in [0.2, 0.25) is 0 Å². The van der Waals surface area contributed by atoms with E-state index < -0.39 is 11.8 Å². The van der Waals surface area contributed by atoms with E-state index in [2.05, 4.69) is 5.32 Å². The van der Waals surface area contributed by atoms with E-state index in [0.29, 0.717) is 10.7 Å². The number of amides is 2. The Balaban J connectivity index is 1.80. The second-order valence-corrected chi connectivity index (χ2v) is 6.00. The normalized spacial score (nSPS) is 14.5. The first-order valence-corrected chi connectivity index (χ1v) is 7.78. The third kappa shape index (κ3) is 3.22. The van der Waals surface area contributed by atoms with Crippen LogP contribution in [0.2, 0.25) is 5.02 Å². The van der Waals surface area contributed by atoms with Crippen LogP contribution in [0.15, 0.2) is 59.3 Å². The Hall–Kier alpha value is -2.50. The van der Waals surface area contributed by atoms with Gasteiger partial charge in [0.25, 0.3) is 11.8 Å². The number of nitrogens with one attached hydrogen (secondary N) is 1. The molecule has 2 amide bonds. The molecule has 122 valence electrons. The zero-order chi connectivity index (χ0) is 17.3. The van der Waals surface area contributed by atoms with Crippen LogP contribution in [0, 0.1) is 0 Å². The van der Waals surface area contributed by atoms with Gasteiger partial charge in [-0.15, -0.1) is 0 Å². The third-order valence-corrected chi connectivity index (χ3v) is 4.08. The van der Waals surface area contributed by atoms with E-state index in [0.717, 1.165) is 10.5 Å². The zero-order valence-electron chi connectivity index (χ0n) is 12.3. The smallest absolute Gasteiger partial charge is 0.279 e. The quantitative estimate of drug-likeness (QED) is 0.817. The summed E-state index contributed by atoms with van der Waals surface area (Å²) in [5.74, 6) is -1.06. The first kappa shape index (κ1) is 16.4. The van der Waals surface area contributed by atoms with Crippen LogP contribution in [0.4, 0.5) is 5.69 Å². The monoisotopic (exact) mass is 362 g/mol. The summed E-state index contributed by atoms with van der Waals surface area (Å²) in [7, 11) is 0. The fourth-order valence-corrected chi connectivity index (χ4v) is 2.65. The number of hydrogen-bond acceptors (Lipinski definition) is 4. The Morgan fingerprint density at radius 3 is 2.38 bits per heavy atom. The fourth-order valence-electron chi connectivity index (χ4n) is 2.30. The lowest BCUT2D eigenvalue weighted by atomic mass is 10.2. The molecule has 0 radical (unpaired) electrons. The van der Waals surface area contributed by atoms with Crippen molar-refractivity contribution in [1.29, 1.82) is 0 Å². The Morgan fingerprint density at radius 2 is 1.71 bits per heavy atom. The van der Waals surface area contributed by atoms with Gasteiger partial charge in [-0.05, 0) is 29.8 Å². The van der Waals surface area contributed by atoms with Crippen molar-refractivity contribution in [1.82, 2.24) is 4.90 Å². The van der Waals surface area contributed by atoms with Crippen LogP contribution < -0.4 is 5.32 Å². The number of phenolic OH excluding ortho intramolecular Hbond substituents is 1. The highest BCUT2D eigenvalue weighted by atomic mass is 35.5. The fraction of sp³-hybridized carbons (Fsp3) is 0.0588. The number of carbonyl (C=O) groups is 2. The molecule has 2 N–H and O–H groups in total. The highest BCUT2D eigenvalue weighted by Crippen LogP contribution is 2.28. The summed E-state index contributed by atoms with van der Waals surface area (Å²) in [5.41, 5.74) is 1.20. The Kier molecular flexibility index (Phi) is 4.46. The molecule has 7 heteroatoms. The lowest BCUT2D eigenvalue weighted by Crippen LogP contribution is -2.31. The summed E-state index contributed by atoms with van der Waals surface area (Å²) in [5, 5.41) is 12.7. The van der Waals surface area contributed by atoms with Crippen LogP contribution in [0.5, 0.6) is 5.75 Å². The minimum atomic E-state index is -0.570. The van der Waals surface area contributed by atoms with Crippen LogP contribution >= 0.6 is 23.2 Å². The number of aromatic hydroxyl groups is 1. The van der Waals surface area contributed by atoms with Gasteiger partial charge < -0.3 is 10.4 Å². The van der Waals surface area contributed by atoms with Crippen molar-refractivity contribution in [2.75, 3.05) is 5.32 Å². The van der Waals surface area contributed by atoms with Crippen molar-refractivity contribution in [2.45, 2.75) is 6.54 Å². The summed E-state index contributed by atoms with van der Waals surface area (Å²) in [4.78, 5) is 25.8. The van der Waals surface area contributed by atoms with E-state index in [1.807, 2.05) is 0 Å². The number of anilines is 1. The molecule has 1 aliphatic rings. The van der Waals surface area contributed by atoms with Crippen molar-refractivity contribution in [3.63, 3.8) is 0 Å². The lowest BCUT2D eigenvalue weighted by molar-refractivity contribution is -0.138.